The van der Waals surface area contributed by atoms with Gasteiger partial charge < -0.3 is 10.2 Å². The van der Waals surface area contributed by atoms with Gasteiger partial charge in [0.2, 0.25) is 0 Å². The molecule has 1 saturated heterocycles. The van der Waals surface area contributed by atoms with Gasteiger partial charge in [0.1, 0.15) is 5.57 Å². The van der Waals surface area contributed by atoms with Gasteiger partial charge >= 0.3 is 0 Å². The van der Waals surface area contributed by atoms with E-state index in [1.54, 1.807) is 6.07 Å². The van der Waals surface area contributed by atoms with E-state index in [1.165, 1.54) is 36.4 Å². The number of halogens is 2. The maximum Gasteiger partial charge on any atom is 0.282 e. The summed E-state index contributed by atoms with van der Waals surface area (Å²) in [5.74, 6) is -1.82. The van der Waals surface area contributed by atoms with Crippen LogP contribution in [0.1, 0.15) is 5.56 Å². The summed E-state index contributed by atoms with van der Waals surface area (Å²) in [5.41, 5.74) is 3.06. The zero-order valence-electron chi connectivity index (χ0n) is 12.0. The van der Waals surface area contributed by atoms with Crippen molar-refractivity contribution < 1.29 is 19.8 Å². The minimum atomic E-state index is -0.598. The Bertz CT molecular complexity index is 896. The van der Waals surface area contributed by atoms with Gasteiger partial charge in [-0.3, -0.25) is 15.0 Å². The first-order valence-electron chi connectivity index (χ1n) is 6.71. The molecule has 1 aliphatic heterocycles. The van der Waals surface area contributed by atoms with Crippen molar-refractivity contribution in [2.24, 2.45) is 0 Å². The zero-order chi connectivity index (χ0) is 17.4. The molecule has 0 radical (unpaired) electrons. The third-order valence-electron chi connectivity index (χ3n) is 3.36. The van der Waals surface area contributed by atoms with Crippen LogP contribution in [0, 0.1) is 0 Å². The molecule has 2 aromatic rings. The lowest BCUT2D eigenvalue weighted by Crippen LogP contribution is -2.35. The number of aromatic hydroxyl groups is 2. The van der Waals surface area contributed by atoms with Gasteiger partial charge in [-0.1, -0.05) is 29.3 Å². The third kappa shape index (κ3) is 2.89. The standard InChI is InChI=1S/C16H10Cl2N2O4/c17-11-3-2-9(7-12(11)18)20-16(24)10(15(23)19-20)5-8-1-4-13(21)14(22)6-8/h1-7,21-22H,(H,19,23)/b10-5-. The molecular formula is C16H10Cl2N2O4. The summed E-state index contributed by atoms with van der Waals surface area (Å²) in [6.07, 6.45) is 1.31. The van der Waals surface area contributed by atoms with Gasteiger partial charge in [0.05, 0.1) is 15.7 Å². The van der Waals surface area contributed by atoms with Crippen LogP contribution in [0.15, 0.2) is 42.0 Å². The molecule has 6 nitrogen and oxygen atoms in total. The highest BCUT2D eigenvalue weighted by Crippen LogP contribution is 2.30. The second kappa shape index (κ2) is 6.07. The quantitative estimate of drug-likeness (QED) is 0.434. The third-order valence-corrected chi connectivity index (χ3v) is 4.10. The number of hydrazine groups is 1. The van der Waals surface area contributed by atoms with Crippen LogP contribution in [0.25, 0.3) is 6.08 Å². The smallest absolute Gasteiger partial charge is 0.282 e. The molecule has 1 fully saturated rings. The molecule has 0 atom stereocenters. The minimum absolute atomic E-state index is 0.119. The number of rotatable bonds is 2. The number of nitrogens with one attached hydrogen (secondary N) is 1. The molecule has 2 amide bonds. The summed E-state index contributed by atoms with van der Waals surface area (Å²) in [6, 6.07) is 8.47. The fourth-order valence-corrected chi connectivity index (χ4v) is 2.45. The number of anilines is 1. The monoisotopic (exact) mass is 364 g/mol. The highest BCUT2D eigenvalue weighted by Gasteiger charge is 2.34. The first-order valence-corrected chi connectivity index (χ1v) is 7.46. The predicted molar refractivity (Wildman–Crippen MR) is 89.8 cm³/mol. The van der Waals surface area contributed by atoms with Crippen LogP contribution in [0.4, 0.5) is 5.69 Å². The Hall–Kier alpha value is -2.70. The average Bonchev–Trinajstić information content (AvgIpc) is 2.82. The number of carbonyl (C=O) groups excluding carboxylic acids is 2. The zero-order valence-corrected chi connectivity index (χ0v) is 13.5. The van der Waals surface area contributed by atoms with Crippen LogP contribution in [0.2, 0.25) is 10.0 Å². The number of carbonyl (C=O) groups is 2. The molecule has 0 spiro atoms. The van der Waals surface area contributed by atoms with E-state index in [-0.39, 0.29) is 22.1 Å². The van der Waals surface area contributed by atoms with E-state index in [2.05, 4.69) is 5.43 Å². The van der Waals surface area contributed by atoms with Gasteiger partial charge in [-0.25, -0.2) is 5.01 Å². The summed E-state index contributed by atoms with van der Waals surface area (Å²) < 4.78 is 0. The molecule has 122 valence electrons. The van der Waals surface area contributed by atoms with Crippen LogP contribution in [0.5, 0.6) is 11.5 Å². The number of benzene rings is 2. The number of phenols is 2. The lowest BCUT2D eigenvalue weighted by atomic mass is 10.1. The largest absolute Gasteiger partial charge is 0.504 e. The van der Waals surface area contributed by atoms with E-state index in [0.29, 0.717) is 16.3 Å². The molecule has 3 rings (SSSR count). The minimum Gasteiger partial charge on any atom is -0.504 e. The lowest BCUT2D eigenvalue weighted by molar-refractivity contribution is -0.117. The van der Waals surface area contributed by atoms with Crippen LogP contribution in [0.3, 0.4) is 0 Å². The van der Waals surface area contributed by atoms with E-state index < -0.39 is 11.8 Å². The molecule has 2 aromatic carbocycles. The number of amides is 2. The van der Waals surface area contributed by atoms with Crippen molar-refractivity contribution in [1.82, 2.24) is 5.43 Å². The SMILES string of the molecule is O=C1NN(c2ccc(Cl)c(Cl)c2)C(=O)/C1=C\c1ccc(O)c(O)c1. The van der Waals surface area contributed by atoms with E-state index in [9.17, 15) is 19.8 Å². The Morgan fingerprint density at radius 3 is 2.38 bits per heavy atom. The molecule has 8 heteroatoms. The predicted octanol–water partition coefficient (Wildman–Crippen LogP) is 2.87. The summed E-state index contributed by atoms with van der Waals surface area (Å²) in [7, 11) is 0. The molecule has 3 N–H and O–H groups in total. The Morgan fingerprint density at radius 2 is 1.71 bits per heavy atom. The fraction of sp³-hybridized carbons (Fsp3) is 0. The molecule has 0 unspecified atom stereocenters. The van der Waals surface area contributed by atoms with Crippen molar-refractivity contribution in [3.8, 4) is 11.5 Å². The van der Waals surface area contributed by atoms with E-state index >= 15 is 0 Å². The molecule has 24 heavy (non-hydrogen) atoms. The Morgan fingerprint density at radius 1 is 0.958 bits per heavy atom. The van der Waals surface area contributed by atoms with Crippen LogP contribution < -0.4 is 10.4 Å². The van der Waals surface area contributed by atoms with Crippen LogP contribution in [-0.4, -0.2) is 22.0 Å². The number of nitrogens with zero attached hydrogens (tertiary/aromatic N) is 1. The second-order valence-electron chi connectivity index (χ2n) is 4.99. The fourth-order valence-electron chi connectivity index (χ4n) is 2.16. The van der Waals surface area contributed by atoms with Crippen molar-refractivity contribution in [3.63, 3.8) is 0 Å². The first-order chi connectivity index (χ1) is 11.4. The maximum atomic E-state index is 12.5. The Balaban J connectivity index is 1.95. The van der Waals surface area contributed by atoms with Gasteiger partial charge in [0.25, 0.3) is 11.8 Å². The number of hydrogen-bond acceptors (Lipinski definition) is 4. The van der Waals surface area contributed by atoms with Crippen molar-refractivity contribution in [3.05, 3.63) is 57.6 Å². The normalized spacial score (nSPS) is 15.9. The molecule has 1 aliphatic rings. The molecule has 0 bridgehead atoms. The molecular weight excluding hydrogens is 355 g/mol. The van der Waals surface area contributed by atoms with Crippen molar-refractivity contribution in [2.45, 2.75) is 0 Å². The summed E-state index contributed by atoms with van der Waals surface area (Å²) >= 11 is 11.8. The van der Waals surface area contributed by atoms with Crippen LogP contribution >= 0.6 is 23.2 Å². The summed E-state index contributed by atoms with van der Waals surface area (Å²) in [4.78, 5) is 24.5. The highest BCUT2D eigenvalue weighted by atomic mass is 35.5. The van der Waals surface area contributed by atoms with Crippen LogP contribution in [-0.2, 0) is 9.59 Å². The summed E-state index contributed by atoms with van der Waals surface area (Å²) in [6.45, 7) is 0. The van der Waals surface area contributed by atoms with Gasteiger partial charge in [0.15, 0.2) is 11.5 Å². The molecule has 0 aromatic heterocycles. The average molecular weight is 365 g/mol. The van der Waals surface area contributed by atoms with Crippen molar-refractivity contribution in [1.29, 1.82) is 0 Å². The van der Waals surface area contributed by atoms with Crippen molar-refractivity contribution >= 4 is 46.8 Å². The Labute approximate surface area is 146 Å². The second-order valence-corrected chi connectivity index (χ2v) is 5.80. The lowest BCUT2D eigenvalue weighted by Gasteiger charge is -2.15. The van der Waals surface area contributed by atoms with E-state index in [4.69, 9.17) is 23.2 Å². The molecule has 0 aliphatic carbocycles. The van der Waals surface area contributed by atoms with Gasteiger partial charge in [-0.05, 0) is 42.0 Å². The topological polar surface area (TPSA) is 89.9 Å². The van der Waals surface area contributed by atoms with Gasteiger partial charge in [-0.2, -0.15) is 0 Å². The molecule has 0 saturated carbocycles. The Kier molecular flexibility index (Phi) is 4.09. The number of phenolic OH excluding ortho intramolecular Hbond substituents is 2. The first kappa shape index (κ1) is 16.2. The maximum absolute atomic E-state index is 12.5. The van der Waals surface area contributed by atoms with E-state index in [0.717, 1.165) is 5.01 Å². The molecule has 1 heterocycles. The van der Waals surface area contributed by atoms with Gasteiger partial charge in [-0.15, -0.1) is 0 Å². The highest BCUT2D eigenvalue weighted by molar-refractivity contribution is 6.42. The summed E-state index contributed by atoms with van der Waals surface area (Å²) in [5, 5.41) is 20.4. The van der Waals surface area contributed by atoms with E-state index in [1.807, 2.05) is 0 Å². The van der Waals surface area contributed by atoms with Gasteiger partial charge in [0, 0.05) is 0 Å². The van der Waals surface area contributed by atoms with Crippen molar-refractivity contribution in [2.75, 3.05) is 5.01 Å². The number of hydrogen-bond donors (Lipinski definition) is 3.